The SMILES string of the molecule is CCCCCC[N+](CCCC)(CCCCC)CCCCO.[I-]. The molecule has 0 fully saturated rings. The predicted octanol–water partition coefficient (Wildman–Crippen LogP) is 2.15. The molecular weight excluding hydrogens is 385 g/mol. The number of unbranched alkanes of at least 4 members (excludes halogenated alkanes) is 7. The van der Waals surface area contributed by atoms with Gasteiger partial charge < -0.3 is 33.6 Å². The smallest absolute Gasteiger partial charge is 0.0787 e. The van der Waals surface area contributed by atoms with Gasteiger partial charge in [-0.2, -0.15) is 0 Å². The summed E-state index contributed by atoms with van der Waals surface area (Å²) in [5.41, 5.74) is 0. The van der Waals surface area contributed by atoms with Gasteiger partial charge in [0.05, 0.1) is 26.2 Å². The summed E-state index contributed by atoms with van der Waals surface area (Å²) in [4.78, 5) is 0. The summed E-state index contributed by atoms with van der Waals surface area (Å²) >= 11 is 0. The molecule has 3 heteroatoms. The monoisotopic (exact) mass is 427 g/mol. The van der Waals surface area contributed by atoms with Gasteiger partial charge in [0, 0.05) is 6.61 Å². The molecule has 0 saturated carbocycles. The fraction of sp³-hybridized carbons (Fsp3) is 1.00. The lowest BCUT2D eigenvalue weighted by Gasteiger charge is -2.39. The van der Waals surface area contributed by atoms with Gasteiger partial charge in [-0.3, -0.25) is 0 Å². The van der Waals surface area contributed by atoms with E-state index in [1.165, 1.54) is 94.9 Å². The van der Waals surface area contributed by atoms with Gasteiger partial charge in [-0.05, 0) is 44.9 Å². The van der Waals surface area contributed by atoms with E-state index in [1.807, 2.05) is 0 Å². The first kappa shape index (κ1) is 24.9. The lowest BCUT2D eigenvalue weighted by Crippen LogP contribution is -3.00. The van der Waals surface area contributed by atoms with Crippen LogP contribution in [-0.4, -0.2) is 42.4 Å². The number of aliphatic hydroxyl groups is 1. The van der Waals surface area contributed by atoms with E-state index in [2.05, 4.69) is 20.8 Å². The van der Waals surface area contributed by atoms with Crippen molar-refractivity contribution in [3.63, 3.8) is 0 Å². The Bertz CT molecular complexity index is 202. The number of quaternary nitrogens is 1. The van der Waals surface area contributed by atoms with E-state index in [1.54, 1.807) is 0 Å². The lowest BCUT2D eigenvalue weighted by molar-refractivity contribution is -0.929. The van der Waals surface area contributed by atoms with Crippen LogP contribution in [0.1, 0.15) is 91.4 Å². The number of nitrogens with zero attached hydrogens (tertiary/aromatic N) is 1. The van der Waals surface area contributed by atoms with Crippen LogP contribution >= 0.6 is 0 Å². The molecule has 0 saturated heterocycles. The molecule has 0 aromatic rings. The Labute approximate surface area is 157 Å². The molecule has 1 N–H and O–H groups in total. The van der Waals surface area contributed by atoms with Crippen molar-refractivity contribution in [2.45, 2.75) is 91.4 Å². The van der Waals surface area contributed by atoms with Crippen molar-refractivity contribution in [1.29, 1.82) is 0 Å². The minimum absolute atomic E-state index is 0. The van der Waals surface area contributed by atoms with E-state index in [4.69, 9.17) is 5.11 Å². The number of hydrogen-bond donors (Lipinski definition) is 1. The molecular formula is C19H42INO. The second-order valence-corrected chi connectivity index (χ2v) is 6.79. The van der Waals surface area contributed by atoms with Gasteiger partial charge in [-0.15, -0.1) is 0 Å². The van der Waals surface area contributed by atoms with Crippen molar-refractivity contribution >= 4 is 0 Å². The van der Waals surface area contributed by atoms with Gasteiger partial charge in [0.15, 0.2) is 0 Å². The molecule has 0 aromatic heterocycles. The minimum Gasteiger partial charge on any atom is -1.00 e. The highest BCUT2D eigenvalue weighted by molar-refractivity contribution is 4.51. The van der Waals surface area contributed by atoms with E-state index >= 15 is 0 Å². The first-order chi connectivity index (χ1) is 10.2. The maximum atomic E-state index is 9.09. The molecule has 0 rings (SSSR count). The summed E-state index contributed by atoms with van der Waals surface area (Å²) in [5, 5.41) is 9.09. The van der Waals surface area contributed by atoms with Crippen molar-refractivity contribution in [3.8, 4) is 0 Å². The molecule has 0 aromatic carbocycles. The van der Waals surface area contributed by atoms with Crippen LogP contribution in [0.5, 0.6) is 0 Å². The standard InChI is InChI=1S/C19H42NO.HI/c1-4-7-10-12-17-20(15-9-6-3,16-11-8-5-2)18-13-14-19-21;/h21H,4-19H2,1-3H3;1H/q+1;/p-1. The van der Waals surface area contributed by atoms with Crippen LogP contribution < -0.4 is 24.0 Å². The van der Waals surface area contributed by atoms with Gasteiger partial charge in [-0.25, -0.2) is 0 Å². The van der Waals surface area contributed by atoms with E-state index in [0.717, 1.165) is 6.42 Å². The summed E-state index contributed by atoms with van der Waals surface area (Å²) in [6.45, 7) is 12.6. The second-order valence-electron chi connectivity index (χ2n) is 6.79. The fourth-order valence-corrected chi connectivity index (χ4v) is 3.29. The van der Waals surface area contributed by atoms with Crippen LogP contribution in [0.3, 0.4) is 0 Å². The Morgan fingerprint density at radius 2 is 0.955 bits per heavy atom. The fourth-order valence-electron chi connectivity index (χ4n) is 3.29. The Morgan fingerprint density at radius 1 is 0.545 bits per heavy atom. The van der Waals surface area contributed by atoms with Crippen LogP contribution in [0.25, 0.3) is 0 Å². The number of rotatable bonds is 16. The molecule has 0 aliphatic carbocycles. The summed E-state index contributed by atoms with van der Waals surface area (Å²) in [5.74, 6) is 0. The van der Waals surface area contributed by atoms with Gasteiger partial charge in [0.1, 0.15) is 0 Å². The highest BCUT2D eigenvalue weighted by Crippen LogP contribution is 2.17. The molecule has 1 atom stereocenters. The Morgan fingerprint density at radius 3 is 1.45 bits per heavy atom. The van der Waals surface area contributed by atoms with Crippen LogP contribution in [0, 0.1) is 0 Å². The third kappa shape index (κ3) is 13.1. The topological polar surface area (TPSA) is 20.2 Å². The predicted molar refractivity (Wildman–Crippen MR) is 94.6 cm³/mol. The van der Waals surface area contributed by atoms with Gasteiger partial charge in [-0.1, -0.05) is 46.5 Å². The van der Waals surface area contributed by atoms with E-state index in [-0.39, 0.29) is 24.0 Å². The summed E-state index contributed by atoms with van der Waals surface area (Å²) in [7, 11) is 0. The van der Waals surface area contributed by atoms with E-state index in [0.29, 0.717) is 6.61 Å². The third-order valence-electron chi connectivity index (χ3n) is 4.75. The van der Waals surface area contributed by atoms with Crippen LogP contribution in [0.4, 0.5) is 0 Å². The average molecular weight is 427 g/mol. The van der Waals surface area contributed by atoms with Crippen LogP contribution in [0.15, 0.2) is 0 Å². The number of hydrogen-bond acceptors (Lipinski definition) is 1. The lowest BCUT2D eigenvalue weighted by atomic mass is 10.1. The van der Waals surface area contributed by atoms with Crippen molar-refractivity contribution in [3.05, 3.63) is 0 Å². The summed E-state index contributed by atoms with van der Waals surface area (Å²) in [6, 6.07) is 0. The highest BCUT2D eigenvalue weighted by Gasteiger charge is 2.25. The zero-order valence-electron chi connectivity index (χ0n) is 15.6. The first-order valence-electron chi connectivity index (χ1n) is 9.70. The van der Waals surface area contributed by atoms with Crippen molar-refractivity contribution in [1.82, 2.24) is 0 Å². The molecule has 0 aliphatic heterocycles. The van der Waals surface area contributed by atoms with Crippen LogP contribution in [0.2, 0.25) is 0 Å². The Kier molecular flexibility index (Phi) is 20.4. The quantitative estimate of drug-likeness (QED) is 0.227. The molecule has 0 spiro atoms. The van der Waals surface area contributed by atoms with Crippen LogP contribution in [-0.2, 0) is 0 Å². The van der Waals surface area contributed by atoms with Gasteiger partial charge in [0.25, 0.3) is 0 Å². The van der Waals surface area contributed by atoms with Crippen molar-refractivity contribution < 1.29 is 33.6 Å². The third-order valence-corrected chi connectivity index (χ3v) is 4.75. The number of aliphatic hydroxyl groups excluding tert-OH is 1. The van der Waals surface area contributed by atoms with Gasteiger partial charge in [0.2, 0.25) is 0 Å². The first-order valence-corrected chi connectivity index (χ1v) is 9.70. The molecule has 0 bridgehead atoms. The summed E-state index contributed by atoms with van der Waals surface area (Å²) in [6.07, 6.45) is 14.4. The molecule has 0 aliphatic rings. The van der Waals surface area contributed by atoms with Gasteiger partial charge >= 0.3 is 0 Å². The molecule has 136 valence electrons. The number of halogens is 1. The normalized spacial score (nSPS) is 13.6. The molecule has 0 amide bonds. The summed E-state index contributed by atoms with van der Waals surface area (Å²) < 4.78 is 1.33. The molecule has 22 heavy (non-hydrogen) atoms. The molecule has 1 unspecified atom stereocenters. The average Bonchev–Trinajstić information content (AvgIpc) is 2.50. The minimum atomic E-state index is 0. The Hall–Kier alpha value is 0.650. The molecule has 0 heterocycles. The maximum absolute atomic E-state index is 9.09. The zero-order valence-corrected chi connectivity index (χ0v) is 17.7. The van der Waals surface area contributed by atoms with E-state index < -0.39 is 0 Å². The zero-order chi connectivity index (χ0) is 15.8. The second kappa shape index (κ2) is 18.0. The van der Waals surface area contributed by atoms with Crippen molar-refractivity contribution in [2.75, 3.05) is 32.8 Å². The maximum Gasteiger partial charge on any atom is 0.0787 e. The molecule has 2 nitrogen and oxygen atoms in total. The Balaban J connectivity index is 0. The highest BCUT2D eigenvalue weighted by atomic mass is 127. The largest absolute Gasteiger partial charge is 1.00 e. The van der Waals surface area contributed by atoms with Crippen molar-refractivity contribution in [2.24, 2.45) is 0 Å². The van der Waals surface area contributed by atoms with E-state index in [9.17, 15) is 0 Å². The molecule has 0 radical (unpaired) electrons.